The van der Waals surface area contributed by atoms with Gasteiger partial charge in [-0.05, 0) is 37.1 Å². The summed E-state index contributed by atoms with van der Waals surface area (Å²) in [5.41, 5.74) is 1.65. The van der Waals surface area contributed by atoms with E-state index >= 15 is 0 Å². The summed E-state index contributed by atoms with van der Waals surface area (Å²) in [7, 11) is 0. The van der Waals surface area contributed by atoms with Crippen molar-refractivity contribution < 1.29 is 14.0 Å². The normalized spacial score (nSPS) is 17.6. The van der Waals surface area contributed by atoms with Gasteiger partial charge in [0.05, 0.1) is 12.1 Å². The van der Waals surface area contributed by atoms with E-state index in [0.29, 0.717) is 18.2 Å². The van der Waals surface area contributed by atoms with Crippen molar-refractivity contribution in [2.75, 3.05) is 18.4 Å². The first-order valence-corrected chi connectivity index (χ1v) is 8.12. The van der Waals surface area contributed by atoms with Crippen LogP contribution >= 0.6 is 0 Å². The van der Waals surface area contributed by atoms with E-state index in [2.05, 4.69) is 10.3 Å². The Kier molecular flexibility index (Phi) is 4.64. The van der Waals surface area contributed by atoms with Gasteiger partial charge in [-0.1, -0.05) is 0 Å². The lowest BCUT2D eigenvalue weighted by Gasteiger charge is -2.31. The van der Waals surface area contributed by atoms with E-state index < -0.39 is 0 Å². The molecule has 1 fully saturated rings. The second-order valence-corrected chi connectivity index (χ2v) is 6.11. The fourth-order valence-corrected chi connectivity index (χ4v) is 2.93. The van der Waals surface area contributed by atoms with Crippen molar-refractivity contribution in [3.63, 3.8) is 0 Å². The molecular formula is C18H21N3O3. The SMILES string of the molecule is CC(=O)N1CCCC(C(=O)Nc2ccc(-c3cnc(C)o3)cc2)C1. The Morgan fingerprint density at radius 3 is 2.67 bits per heavy atom. The van der Waals surface area contributed by atoms with Gasteiger partial charge < -0.3 is 14.6 Å². The average Bonchev–Trinajstić information content (AvgIpc) is 3.02. The third kappa shape index (κ3) is 3.64. The quantitative estimate of drug-likeness (QED) is 0.940. The summed E-state index contributed by atoms with van der Waals surface area (Å²) in [5, 5.41) is 2.93. The Balaban J connectivity index is 1.63. The molecule has 1 aliphatic heterocycles. The van der Waals surface area contributed by atoms with Gasteiger partial charge in [-0.3, -0.25) is 9.59 Å². The second kappa shape index (κ2) is 6.86. The molecule has 0 spiro atoms. The maximum absolute atomic E-state index is 12.4. The predicted molar refractivity (Wildman–Crippen MR) is 90.3 cm³/mol. The highest BCUT2D eigenvalue weighted by molar-refractivity contribution is 5.93. The van der Waals surface area contributed by atoms with Crippen molar-refractivity contribution in [2.45, 2.75) is 26.7 Å². The summed E-state index contributed by atoms with van der Waals surface area (Å²) in [6.07, 6.45) is 3.35. The lowest BCUT2D eigenvalue weighted by Crippen LogP contribution is -2.42. The van der Waals surface area contributed by atoms with E-state index in [1.165, 1.54) is 0 Å². The zero-order valence-corrected chi connectivity index (χ0v) is 13.9. The van der Waals surface area contributed by atoms with E-state index in [4.69, 9.17) is 4.42 Å². The van der Waals surface area contributed by atoms with Gasteiger partial charge in [-0.15, -0.1) is 0 Å². The van der Waals surface area contributed by atoms with E-state index in [9.17, 15) is 9.59 Å². The van der Waals surface area contributed by atoms with Gasteiger partial charge in [-0.25, -0.2) is 4.98 Å². The molecule has 0 saturated carbocycles. The summed E-state index contributed by atoms with van der Waals surface area (Å²) >= 11 is 0. The highest BCUT2D eigenvalue weighted by Gasteiger charge is 2.26. The minimum absolute atomic E-state index is 0.0270. The molecule has 1 aromatic heterocycles. The van der Waals surface area contributed by atoms with Gasteiger partial charge in [0.25, 0.3) is 0 Å². The molecule has 2 aromatic rings. The fraction of sp³-hybridized carbons (Fsp3) is 0.389. The Morgan fingerprint density at radius 1 is 1.29 bits per heavy atom. The van der Waals surface area contributed by atoms with Crippen LogP contribution in [0.3, 0.4) is 0 Å². The third-order valence-corrected chi connectivity index (χ3v) is 4.30. The molecule has 6 heteroatoms. The van der Waals surface area contributed by atoms with Crippen LogP contribution in [-0.2, 0) is 9.59 Å². The van der Waals surface area contributed by atoms with Crippen molar-refractivity contribution in [3.05, 3.63) is 36.4 Å². The Morgan fingerprint density at radius 2 is 2.04 bits per heavy atom. The molecule has 1 aromatic carbocycles. The molecule has 1 atom stereocenters. The first-order valence-electron chi connectivity index (χ1n) is 8.12. The van der Waals surface area contributed by atoms with Crippen LogP contribution in [0.15, 0.2) is 34.9 Å². The molecule has 126 valence electrons. The number of carbonyl (C=O) groups is 2. The van der Waals surface area contributed by atoms with Gasteiger partial charge in [-0.2, -0.15) is 0 Å². The third-order valence-electron chi connectivity index (χ3n) is 4.30. The van der Waals surface area contributed by atoms with Gasteiger partial charge in [0.15, 0.2) is 11.7 Å². The maximum atomic E-state index is 12.4. The Labute approximate surface area is 140 Å². The molecular weight excluding hydrogens is 306 g/mol. The Bertz CT molecular complexity index is 736. The van der Waals surface area contributed by atoms with Gasteiger partial charge >= 0.3 is 0 Å². The Hall–Kier alpha value is -2.63. The molecule has 1 saturated heterocycles. The number of nitrogens with one attached hydrogen (secondary N) is 1. The largest absolute Gasteiger partial charge is 0.441 e. The molecule has 0 radical (unpaired) electrons. The molecule has 24 heavy (non-hydrogen) atoms. The van der Waals surface area contributed by atoms with Crippen molar-refractivity contribution >= 4 is 17.5 Å². The lowest BCUT2D eigenvalue weighted by atomic mass is 9.97. The molecule has 2 heterocycles. The number of oxazole rings is 1. The zero-order valence-electron chi connectivity index (χ0n) is 13.9. The highest BCUT2D eigenvalue weighted by atomic mass is 16.4. The molecule has 6 nitrogen and oxygen atoms in total. The number of rotatable bonds is 3. The molecule has 0 bridgehead atoms. The first kappa shape index (κ1) is 16.2. The monoisotopic (exact) mass is 327 g/mol. The van der Waals surface area contributed by atoms with Crippen molar-refractivity contribution in [1.29, 1.82) is 0 Å². The van der Waals surface area contributed by atoms with E-state index in [0.717, 1.165) is 30.6 Å². The molecule has 1 unspecified atom stereocenters. The number of carbonyl (C=O) groups excluding carboxylic acids is 2. The van der Waals surface area contributed by atoms with Gasteiger partial charge in [0, 0.05) is 38.2 Å². The molecule has 3 rings (SSSR count). The number of hydrogen-bond acceptors (Lipinski definition) is 4. The number of hydrogen-bond donors (Lipinski definition) is 1. The van der Waals surface area contributed by atoms with Crippen LogP contribution in [0.1, 0.15) is 25.7 Å². The topological polar surface area (TPSA) is 75.4 Å². The molecule has 1 aliphatic rings. The summed E-state index contributed by atoms with van der Waals surface area (Å²) in [5.74, 6) is 1.16. The van der Waals surface area contributed by atoms with Crippen LogP contribution < -0.4 is 5.32 Å². The fourth-order valence-electron chi connectivity index (χ4n) is 2.93. The predicted octanol–water partition coefficient (Wildman–Crippen LogP) is 2.85. The van der Waals surface area contributed by atoms with Crippen molar-refractivity contribution in [3.8, 4) is 11.3 Å². The maximum Gasteiger partial charge on any atom is 0.229 e. The summed E-state index contributed by atoms with van der Waals surface area (Å²) < 4.78 is 5.48. The molecule has 0 aliphatic carbocycles. The van der Waals surface area contributed by atoms with Crippen LogP contribution in [0.4, 0.5) is 5.69 Å². The van der Waals surface area contributed by atoms with E-state index in [1.807, 2.05) is 24.3 Å². The number of benzene rings is 1. The minimum atomic E-state index is -0.153. The molecule has 2 amide bonds. The van der Waals surface area contributed by atoms with E-state index in [1.54, 1.807) is 24.9 Å². The number of nitrogens with zero attached hydrogens (tertiary/aromatic N) is 2. The number of aromatic nitrogens is 1. The van der Waals surface area contributed by atoms with Crippen LogP contribution in [0, 0.1) is 12.8 Å². The van der Waals surface area contributed by atoms with Gasteiger partial charge in [0.1, 0.15) is 0 Å². The number of likely N-dealkylation sites (tertiary alicyclic amines) is 1. The van der Waals surface area contributed by atoms with Crippen LogP contribution in [-0.4, -0.2) is 34.8 Å². The van der Waals surface area contributed by atoms with Gasteiger partial charge in [0.2, 0.25) is 11.8 Å². The zero-order chi connectivity index (χ0) is 17.1. The van der Waals surface area contributed by atoms with Crippen LogP contribution in [0.2, 0.25) is 0 Å². The number of amides is 2. The highest BCUT2D eigenvalue weighted by Crippen LogP contribution is 2.23. The average molecular weight is 327 g/mol. The second-order valence-electron chi connectivity index (χ2n) is 6.11. The number of aryl methyl sites for hydroxylation is 1. The summed E-state index contributed by atoms with van der Waals surface area (Å²) in [4.78, 5) is 29.7. The minimum Gasteiger partial charge on any atom is -0.441 e. The van der Waals surface area contributed by atoms with Crippen molar-refractivity contribution in [1.82, 2.24) is 9.88 Å². The summed E-state index contributed by atoms with van der Waals surface area (Å²) in [6, 6.07) is 7.46. The van der Waals surface area contributed by atoms with Crippen molar-refractivity contribution in [2.24, 2.45) is 5.92 Å². The van der Waals surface area contributed by atoms with E-state index in [-0.39, 0.29) is 17.7 Å². The lowest BCUT2D eigenvalue weighted by molar-refractivity contribution is -0.132. The molecule has 1 N–H and O–H groups in total. The smallest absolute Gasteiger partial charge is 0.229 e. The van der Waals surface area contributed by atoms with Crippen LogP contribution in [0.25, 0.3) is 11.3 Å². The summed E-state index contributed by atoms with van der Waals surface area (Å²) in [6.45, 7) is 4.58. The number of piperidine rings is 1. The first-order chi connectivity index (χ1) is 11.5. The van der Waals surface area contributed by atoms with Crippen LogP contribution in [0.5, 0.6) is 0 Å². The standard InChI is InChI=1S/C18H21N3O3/c1-12-19-10-17(24-12)14-5-7-16(8-6-14)20-18(23)15-4-3-9-21(11-15)13(2)22/h5-8,10,15H,3-4,9,11H2,1-2H3,(H,20,23). The number of anilines is 1.